The monoisotopic (exact) mass is 277 g/mol. The van der Waals surface area contributed by atoms with Crippen LogP contribution in [0.1, 0.15) is 32.6 Å². The molecular weight excluding hydrogens is 257 g/mol. The van der Waals surface area contributed by atoms with Crippen LogP contribution in [0.5, 0.6) is 5.75 Å². The highest BCUT2D eigenvalue weighted by Crippen LogP contribution is 2.31. The van der Waals surface area contributed by atoms with Gasteiger partial charge in [0.05, 0.1) is 7.11 Å². The number of aromatic nitrogens is 2. The van der Waals surface area contributed by atoms with Crippen LogP contribution in [0.2, 0.25) is 0 Å². The Kier molecular flexibility index (Phi) is 3.97. The van der Waals surface area contributed by atoms with Gasteiger partial charge in [-0.2, -0.15) is 0 Å². The molecule has 108 valence electrons. The summed E-state index contributed by atoms with van der Waals surface area (Å²) in [6.45, 7) is 6.13. The second kappa shape index (κ2) is 5.53. The zero-order valence-corrected chi connectivity index (χ0v) is 12.3. The number of nitrogens with two attached hydrogens (primary N) is 1. The molecule has 2 N–H and O–H groups in total. The van der Waals surface area contributed by atoms with Gasteiger partial charge in [-0.15, -0.1) is 0 Å². The van der Waals surface area contributed by atoms with Crippen molar-refractivity contribution in [3.8, 4) is 17.0 Å². The van der Waals surface area contributed by atoms with E-state index in [1.165, 1.54) is 13.2 Å². The Morgan fingerprint density at radius 3 is 2.55 bits per heavy atom. The third kappa shape index (κ3) is 2.35. The molecule has 0 aliphatic carbocycles. The summed E-state index contributed by atoms with van der Waals surface area (Å²) >= 11 is 0. The van der Waals surface area contributed by atoms with E-state index >= 15 is 0 Å². The number of nitrogen functional groups attached to an aromatic ring is 1. The van der Waals surface area contributed by atoms with Crippen LogP contribution in [-0.4, -0.2) is 16.7 Å². The first-order valence-electron chi connectivity index (χ1n) is 6.70. The molecule has 1 aromatic heterocycles. The minimum Gasteiger partial charge on any atom is -0.494 e. The Labute approximate surface area is 118 Å². The molecular formula is C15H20FN3O. The minimum atomic E-state index is -0.415. The Morgan fingerprint density at radius 1 is 1.40 bits per heavy atom. The summed E-state index contributed by atoms with van der Waals surface area (Å²) < 4.78 is 20.7. The number of rotatable bonds is 4. The molecule has 0 bridgehead atoms. The molecule has 20 heavy (non-hydrogen) atoms. The maximum absolute atomic E-state index is 13.8. The molecule has 2 aromatic rings. The van der Waals surface area contributed by atoms with E-state index in [0.717, 1.165) is 12.2 Å². The number of anilines is 1. The van der Waals surface area contributed by atoms with Gasteiger partial charge in [0.25, 0.3) is 0 Å². The van der Waals surface area contributed by atoms with Gasteiger partial charge in [0.1, 0.15) is 17.3 Å². The second-order valence-electron chi connectivity index (χ2n) is 4.93. The van der Waals surface area contributed by atoms with Crippen molar-refractivity contribution < 1.29 is 9.13 Å². The van der Waals surface area contributed by atoms with E-state index in [-0.39, 0.29) is 11.8 Å². The van der Waals surface area contributed by atoms with Crippen LogP contribution in [-0.2, 0) is 6.42 Å². The van der Waals surface area contributed by atoms with Crippen molar-refractivity contribution in [1.29, 1.82) is 0 Å². The number of methoxy groups -OCH3 is 1. The van der Waals surface area contributed by atoms with Gasteiger partial charge >= 0.3 is 0 Å². The van der Waals surface area contributed by atoms with Crippen LogP contribution >= 0.6 is 0 Å². The van der Waals surface area contributed by atoms with Crippen molar-refractivity contribution in [2.24, 2.45) is 0 Å². The molecule has 0 aliphatic heterocycles. The average Bonchev–Trinajstić information content (AvgIpc) is 2.75. The summed E-state index contributed by atoms with van der Waals surface area (Å²) in [5.74, 6) is 1.28. The lowest BCUT2D eigenvalue weighted by Crippen LogP contribution is -2.08. The van der Waals surface area contributed by atoms with Crippen molar-refractivity contribution in [3.05, 3.63) is 29.8 Å². The third-order valence-corrected chi connectivity index (χ3v) is 3.28. The number of hydrogen-bond acceptors (Lipinski definition) is 3. The first-order valence-corrected chi connectivity index (χ1v) is 6.70. The SMILES string of the molecule is CCc1nc(-c2ccc(OC)c(F)c2)c(N)n1C(C)C. The molecule has 0 unspecified atom stereocenters. The average molecular weight is 277 g/mol. The van der Waals surface area contributed by atoms with Crippen molar-refractivity contribution in [1.82, 2.24) is 9.55 Å². The Hall–Kier alpha value is -2.04. The predicted molar refractivity (Wildman–Crippen MR) is 78.3 cm³/mol. The Bertz CT molecular complexity index is 620. The quantitative estimate of drug-likeness (QED) is 0.931. The number of imidazole rings is 1. The molecule has 0 saturated heterocycles. The Balaban J connectivity index is 2.56. The fourth-order valence-electron chi connectivity index (χ4n) is 2.35. The zero-order chi connectivity index (χ0) is 14.9. The van der Waals surface area contributed by atoms with Gasteiger partial charge in [-0.05, 0) is 32.0 Å². The molecule has 0 radical (unpaired) electrons. The summed E-state index contributed by atoms with van der Waals surface area (Å²) in [5, 5.41) is 0. The molecule has 1 heterocycles. The van der Waals surface area contributed by atoms with E-state index in [9.17, 15) is 4.39 Å². The highest BCUT2D eigenvalue weighted by atomic mass is 19.1. The van der Waals surface area contributed by atoms with Crippen LogP contribution in [0.3, 0.4) is 0 Å². The number of ether oxygens (including phenoxy) is 1. The number of aryl methyl sites for hydroxylation is 1. The van der Waals surface area contributed by atoms with Crippen molar-refractivity contribution >= 4 is 5.82 Å². The minimum absolute atomic E-state index is 0.214. The summed E-state index contributed by atoms with van der Waals surface area (Å²) in [6.07, 6.45) is 0.779. The van der Waals surface area contributed by atoms with Gasteiger partial charge in [-0.1, -0.05) is 6.92 Å². The summed E-state index contributed by atoms with van der Waals surface area (Å²) in [6, 6.07) is 4.98. The summed E-state index contributed by atoms with van der Waals surface area (Å²) in [5.41, 5.74) is 7.46. The van der Waals surface area contributed by atoms with Crippen LogP contribution in [0.25, 0.3) is 11.3 Å². The largest absolute Gasteiger partial charge is 0.494 e. The maximum Gasteiger partial charge on any atom is 0.165 e. The molecule has 4 nitrogen and oxygen atoms in total. The molecule has 0 fully saturated rings. The molecule has 5 heteroatoms. The molecule has 1 aromatic carbocycles. The number of benzene rings is 1. The Morgan fingerprint density at radius 2 is 2.10 bits per heavy atom. The number of nitrogens with zero attached hydrogens (tertiary/aromatic N) is 2. The first-order chi connectivity index (χ1) is 9.49. The van der Waals surface area contributed by atoms with Gasteiger partial charge < -0.3 is 15.0 Å². The van der Waals surface area contributed by atoms with E-state index < -0.39 is 5.82 Å². The fraction of sp³-hybridized carbons (Fsp3) is 0.400. The molecule has 2 rings (SSSR count). The summed E-state index contributed by atoms with van der Waals surface area (Å²) in [7, 11) is 1.44. The number of hydrogen-bond donors (Lipinski definition) is 1. The molecule has 0 atom stereocenters. The molecule has 0 spiro atoms. The number of halogens is 1. The van der Waals surface area contributed by atoms with Gasteiger partial charge in [0.2, 0.25) is 0 Å². The topological polar surface area (TPSA) is 53.1 Å². The van der Waals surface area contributed by atoms with Gasteiger partial charge in [0, 0.05) is 18.0 Å². The van der Waals surface area contributed by atoms with E-state index in [1.807, 2.05) is 11.5 Å². The van der Waals surface area contributed by atoms with Crippen LogP contribution in [0.4, 0.5) is 10.2 Å². The highest BCUT2D eigenvalue weighted by molar-refractivity contribution is 5.71. The van der Waals surface area contributed by atoms with Crippen molar-refractivity contribution in [2.45, 2.75) is 33.2 Å². The first kappa shape index (κ1) is 14.4. The lowest BCUT2D eigenvalue weighted by Gasteiger charge is -2.12. The summed E-state index contributed by atoms with van der Waals surface area (Å²) in [4.78, 5) is 4.55. The second-order valence-corrected chi connectivity index (χ2v) is 4.93. The van der Waals surface area contributed by atoms with E-state index in [0.29, 0.717) is 17.1 Å². The zero-order valence-electron chi connectivity index (χ0n) is 12.3. The van der Waals surface area contributed by atoms with Crippen LogP contribution < -0.4 is 10.5 Å². The third-order valence-electron chi connectivity index (χ3n) is 3.28. The standard InChI is InChI=1S/C15H20FN3O/c1-5-13-18-14(15(17)19(13)9(2)3)10-6-7-12(20-4)11(16)8-10/h6-9H,5,17H2,1-4H3. The highest BCUT2D eigenvalue weighted by Gasteiger charge is 2.18. The van der Waals surface area contributed by atoms with Crippen molar-refractivity contribution in [3.63, 3.8) is 0 Å². The molecule has 0 amide bonds. The van der Waals surface area contributed by atoms with Crippen LogP contribution in [0.15, 0.2) is 18.2 Å². The lowest BCUT2D eigenvalue weighted by molar-refractivity contribution is 0.386. The van der Waals surface area contributed by atoms with E-state index in [4.69, 9.17) is 10.5 Å². The van der Waals surface area contributed by atoms with E-state index in [1.54, 1.807) is 12.1 Å². The van der Waals surface area contributed by atoms with Crippen molar-refractivity contribution in [2.75, 3.05) is 12.8 Å². The van der Waals surface area contributed by atoms with Gasteiger partial charge in [-0.25, -0.2) is 9.37 Å². The van der Waals surface area contributed by atoms with Gasteiger partial charge in [0.15, 0.2) is 11.6 Å². The molecule has 0 aliphatic rings. The predicted octanol–water partition coefficient (Wildman–Crippen LogP) is 3.42. The normalized spacial score (nSPS) is 11.1. The maximum atomic E-state index is 13.8. The lowest BCUT2D eigenvalue weighted by atomic mass is 10.1. The van der Waals surface area contributed by atoms with Crippen LogP contribution in [0, 0.1) is 5.82 Å². The van der Waals surface area contributed by atoms with Gasteiger partial charge in [-0.3, -0.25) is 0 Å². The smallest absolute Gasteiger partial charge is 0.165 e. The fourth-order valence-corrected chi connectivity index (χ4v) is 2.35. The molecule has 0 saturated carbocycles. The van der Waals surface area contributed by atoms with E-state index in [2.05, 4.69) is 18.8 Å².